The molecular weight excluding hydrogens is 405 g/mol. The summed E-state index contributed by atoms with van der Waals surface area (Å²) in [5, 5.41) is 7.13. The molecule has 0 amide bonds. The van der Waals surface area contributed by atoms with Crippen molar-refractivity contribution >= 4 is 5.69 Å². The predicted octanol–water partition coefficient (Wildman–Crippen LogP) is 4.27. The Hall–Kier alpha value is -2.84. The number of rotatable bonds is 7. The lowest BCUT2D eigenvalue weighted by atomic mass is 10.0. The minimum absolute atomic E-state index is 0.0290. The number of piperazine rings is 1. The van der Waals surface area contributed by atoms with Gasteiger partial charge in [0.25, 0.3) is 0 Å². The maximum Gasteiger partial charge on any atom is 0.417 e. The molecule has 1 N–H and O–H groups in total. The molecule has 1 fully saturated rings. The minimum Gasteiger partial charge on any atom is -0.369 e. The van der Waals surface area contributed by atoms with Crippen molar-refractivity contribution in [2.45, 2.75) is 12.7 Å². The van der Waals surface area contributed by atoms with Gasteiger partial charge in [0.05, 0.1) is 12.1 Å². The molecule has 1 saturated heterocycles. The van der Waals surface area contributed by atoms with Crippen LogP contribution in [0.3, 0.4) is 0 Å². The number of para-hydroxylation sites is 1. The van der Waals surface area contributed by atoms with Crippen molar-refractivity contribution < 1.29 is 17.7 Å². The minimum atomic E-state index is -4.43. The topological polar surface area (TPSA) is 44.5 Å². The number of aromatic nitrogens is 1. The number of nitrogens with zero attached hydrogens (tertiary/aromatic N) is 3. The van der Waals surface area contributed by atoms with Crippen molar-refractivity contribution in [2.75, 3.05) is 44.2 Å². The Bertz CT molecular complexity index is 966. The summed E-state index contributed by atoms with van der Waals surface area (Å²) in [4.78, 5) is 4.79. The van der Waals surface area contributed by atoms with Gasteiger partial charge in [-0.1, -0.05) is 41.6 Å². The molecule has 0 atom stereocenters. The molecule has 2 aromatic carbocycles. The van der Waals surface area contributed by atoms with E-state index in [1.54, 1.807) is 12.1 Å². The first-order valence-electron chi connectivity index (χ1n) is 10.4. The largest absolute Gasteiger partial charge is 0.417 e. The van der Waals surface area contributed by atoms with Gasteiger partial charge in [0, 0.05) is 56.6 Å². The molecular formula is C23H25F3N4O. The average Bonchev–Trinajstić information content (AvgIpc) is 3.26. The molecule has 0 radical (unpaired) electrons. The Morgan fingerprint density at radius 3 is 2.39 bits per heavy atom. The van der Waals surface area contributed by atoms with Crippen LogP contribution >= 0.6 is 0 Å². The number of nitrogens with one attached hydrogen (secondary N) is 1. The van der Waals surface area contributed by atoms with E-state index in [0.29, 0.717) is 12.3 Å². The predicted molar refractivity (Wildman–Crippen MR) is 114 cm³/mol. The Kier molecular flexibility index (Phi) is 6.58. The van der Waals surface area contributed by atoms with E-state index in [-0.39, 0.29) is 11.3 Å². The first kappa shape index (κ1) is 21.4. The van der Waals surface area contributed by atoms with Gasteiger partial charge in [-0.25, -0.2) is 0 Å². The van der Waals surface area contributed by atoms with Crippen LogP contribution < -0.4 is 10.2 Å². The molecule has 0 spiro atoms. The number of benzene rings is 2. The van der Waals surface area contributed by atoms with E-state index >= 15 is 0 Å². The molecule has 0 bridgehead atoms. The van der Waals surface area contributed by atoms with Gasteiger partial charge < -0.3 is 14.7 Å². The molecule has 31 heavy (non-hydrogen) atoms. The van der Waals surface area contributed by atoms with Crippen LogP contribution in [-0.2, 0) is 12.7 Å². The third kappa shape index (κ3) is 5.45. The quantitative estimate of drug-likeness (QED) is 0.567. The van der Waals surface area contributed by atoms with Crippen molar-refractivity contribution in [3.05, 3.63) is 72.0 Å². The summed E-state index contributed by atoms with van der Waals surface area (Å²) in [5.41, 5.74) is 0.772. The summed E-state index contributed by atoms with van der Waals surface area (Å²) in [6.07, 6.45) is -4.43. The molecule has 0 saturated carbocycles. The SMILES string of the molecule is FC(F)(F)c1ccccc1-c1cc(CNCCN2CCN(c3ccccc3)CC2)on1. The average molecular weight is 430 g/mol. The second kappa shape index (κ2) is 9.53. The standard InChI is InChI=1S/C23H25F3N4O/c24-23(25,26)21-9-5-4-8-20(21)22-16-19(31-28-22)17-27-10-11-29-12-14-30(15-13-29)18-6-2-1-3-7-18/h1-9,16,27H,10-15,17H2. The highest BCUT2D eigenvalue weighted by Gasteiger charge is 2.34. The highest BCUT2D eigenvalue weighted by Crippen LogP contribution is 2.36. The first-order valence-corrected chi connectivity index (χ1v) is 10.4. The van der Waals surface area contributed by atoms with Crippen LogP contribution in [0.15, 0.2) is 65.2 Å². The summed E-state index contributed by atoms with van der Waals surface area (Å²) in [5.74, 6) is 0.515. The Morgan fingerprint density at radius 1 is 0.935 bits per heavy atom. The molecule has 2 heterocycles. The van der Waals surface area contributed by atoms with E-state index in [2.05, 4.69) is 44.5 Å². The van der Waals surface area contributed by atoms with E-state index in [9.17, 15) is 13.2 Å². The van der Waals surface area contributed by atoms with Crippen LogP contribution in [0.25, 0.3) is 11.3 Å². The summed E-state index contributed by atoms with van der Waals surface area (Å²) in [6, 6.07) is 17.4. The van der Waals surface area contributed by atoms with Crippen molar-refractivity contribution in [3.63, 3.8) is 0 Å². The van der Waals surface area contributed by atoms with Crippen LogP contribution in [0.1, 0.15) is 11.3 Å². The normalized spacial score (nSPS) is 15.4. The first-order chi connectivity index (χ1) is 15.0. The molecule has 8 heteroatoms. The van der Waals surface area contributed by atoms with Crippen LogP contribution in [0, 0.1) is 0 Å². The van der Waals surface area contributed by atoms with Gasteiger partial charge in [-0.3, -0.25) is 4.90 Å². The Balaban J connectivity index is 1.23. The van der Waals surface area contributed by atoms with Gasteiger partial charge in [-0.15, -0.1) is 0 Å². The number of hydrogen-bond acceptors (Lipinski definition) is 5. The monoisotopic (exact) mass is 430 g/mol. The van der Waals surface area contributed by atoms with E-state index in [1.807, 2.05) is 6.07 Å². The second-order valence-electron chi connectivity index (χ2n) is 7.56. The lowest BCUT2D eigenvalue weighted by molar-refractivity contribution is -0.137. The summed E-state index contributed by atoms with van der Waals surface area (Å²) < 4.78 is 44.9. The van der Waals surface area contributed by atoms with Crippen molar-refractivity contribution in [3.8, 4) is 11.3 Å². The Labute approximate surface area is 179 Å². The lowest BCUT2D eigenvalue weighted by Gasteiger charge is -2.36. The van der Waals surface area contributed by atoms with Crippen molar-refractivity contribution in [1.82, 2.24) is 15.4 Å². The van der Waals surface area contributed by atoms with Gasteiger partial charge in [0.2, 0.25) is 0 Å². The molecule has 164 valence electrons. The number of hydrogen-bond donors (Lipinski definition) is 1. The Morgan fingerprint density at radius 2 is 1.65 bits per heavy atom. The van der Waals surface area contributed by atoms with E-state index in [1.165, 1.54) is 17.8 Å². The van der Waals surface area contributed by atoms with E-state index in [4.69, 9.17) is 4.52 Å². The summed E-state index contributed by atoms with van der Waals surface area (Å²) in [6.45, 7) is 6.07. The fourth-order valence-corrected chi connectivity index (χ4v) is 3.79. The van der Waals surface area contributed by atoms with Crippen molar-refractivity contribution in [1.29, 1.82) is 0 Å². The highest BCUT2D eigenvalue weighted by molar-refractivity contribution is 5.64. The number of anilines is 1. The third-order valence-corrected chi connectivity index (χ3v) is 5.47. The van der Waals surface area contributed by atoms with Crippen LogP contribution in [-0.4, -0.2) is 49.3 Å². The van der Waals surface area contributed by atoms with Crippen LogP contribution in [0.2, 0.25) is 0 Å². The zero-order chi connectivity index (χ0) is 21.7. The van der Waals surface area contributed by atoms with Gasteiger partial charge in [-0.05, 0) is 18.2 Å². The highest BCUT2D eigenvalue weighted by atomic mass is 19.4. The van der Waals surface area contributed by atoms with E-state index < -0.39 is 11.7 Å². The smallest absolute Gasteiger partial charge is 0.369 e. The third-order valence-electron chi connectivity index (χ3n) is 5.47. The molecule has 0 aliphatic carbocycles. The summed E-state index contributed by atoms with van der Waals surface area (Å²) >= 11 is 0. The van der Waals surface area contributed by atoms with Gasteiger partial charge in [-0.2, -0.15) is 13.2 Å². The fraction of sp³-hybridized carbons (Fsp3) is 0.348. The molecule has 1 aliphatic heterocycles. The molecule has 1 aliphatic rings. The fourth-order valence-electron chi connectivity index (χ4n) is 3.79. The van der Waals surface area contributed by atoms with Gasteiger partial charge in [0.15, 0.2) is 5.76 Å². The summed E-state index contributed by atoms with van der Waals surface area (Å²) in [7, 11) is 0. The van der Waals surface area contributed by atoms with Gasteiger partial charge in [0.1, 0.15) is 5.69 Å². The maximum atomic E-state index is 13.2. The zero-order valence-corrected chi connectivity index (χ0v) is 17.1. The van der Waals surface area contributed by atoms with Crippen LogP contribution in [0.5, 0.6) is 0 Å². The molecule has 1 aromatic heterocycles. The van der Waals surface area contributed by atoms with Crippen LogP contribution in [0.4, 0.5) is 18.9 Å². The van der Waals surface area contributed by atoms with Gasteiger partial charge >= 0.3 is 6.18 Å². The molecule has 5 nitrogen and oxygen atoms in total. The van der Waals surface area contributed by atoms with E-state index in [0.717, 1.165) is 45.3 Å². The molecule has 0 unspecified atom stereocenters. The molecule has 4 rings (SSSR count). The number of halogens is 3. The second-order valence-corrected chi connectivity index (χ2v) is 7.56. The molecule has 3 aromatic rings. The maximum absolute atomic E-state index is 13.2. The van der Waals surface area contributed by atoms with Crippen molar-refractivity contribution in [2.24, 2.45) is 0 Å². The zero-order valence-electron chi connectivity index (χ0n) is 17.1. The number of alkyl halides is 3. The lowest BCUT2D eigenvalue weighted by Crippen LogP contribution is -2.48.